The van der Waals surface area contributed by atoms with E-state index < -0.39 is 0 Å². The highest BCUT2D eigenvalue weighted by molar-refractivity contribution is 5.97. The van der Waals surface area contributed by atoms with Crippen molar-refractivity contribution < 1.29 is 9.21 Å². The van der Waals surface area contributed by atoms with Crippen LogP contribution in [0.2, 0.25) is 0 Å². The van der Waals surface area contributed by atoms with Gasteiger partial charge in [-0.25, -0.2) is 0 Å². The second-order valence-electron chi connectivity index (χ2n) is 6.15. The van der Waals surface area contributed by atoms with E-state index in [1.807, 2.05) is 25.7 Å². The molecule has 0 bridgehead atoms. The lowest BCUT2D eigenvalue weighted by Gasteiger charge is -2.35. The summed E-state index contributed by atoms with van der Waals surface area (Å²) in [6, 6.07) is 0. The van der Waals surface area contributed by atoms with E-state index in [9.17, 15) is 4.79 Å². The van der Waals surface area contributed by atoms with Gasteiger partial charge in [0, 0.05) is 38.3 Å². The Morgan fingerprint density at radius 1 is 1.19 bits per heavy atom. The van der Waals surface area contributed by atoms with Crippen molar-refractivity contribution in [3.8, 4) is 0 Å². The fourth-order valence-electron chi connectivity index (χ4n) is 2.92. The van der Waals surface area contributed by atoms with Crippen molar-refractivity contribution in [3.63, 3.8) is 0 Å². The number of amides is 1. The van der Waals surface area contributed by atoms with Crippen LogP contribution in [-0.2, 0) is 0 Å². The fourth-order valence-corrected chi connectivity index (χ4v) is 2.92. The molecule has 1 aromatic heterocycles. The van der Waals surface area contributed by atoms with Crippen molar-refractivity contribution in [2.75, 3.05) is 39.3 Å². The monoisotopic (exact) mass is 293 g/mol. The van der Waals surface area contributed by atoms with Gasteiger partial charge in [-0.2, -0.15) is 0 Å². The molecule has 5 nitrogen and oxygen atoms in total. The molecule has 1 fully saturated rings. The van der Waals surface area contributed by atoms with E-state index in [0.717, 1.165) is 55.4 Å². The van der Waals surface area contributed by atoms with Crippen molar-refractivity contribution in [1.29, 1.82) is 0 Å². The molecule has 1 aliphatic rings. The predicted octanol–water partition coefficient (Wildman–Crippen LogP) is 1.56. The topological polar surface area (TPSA) is 62.7 Å². The summed E-state index contributed by atoms with van der Waals surface area (Å²) in [5.74, 6) is 2.18. The summed E-state index contributed by atoms with van der Waals surface area (Å²) in [4.78, 5) is 17.0. The number of hydrogen-bond donors (Lipinski definition) is 1. The number of hydrogen-bond acceptors (Lipinski definition) is 4. The SMILES string of the molecule is Cc1oc(C)c(C(=O)N2CCN(CC(C)CN)CC2)c1C. The van der Waals surface area contributed by atoms with E-state index in [1.54, 1.807) is 0 Å². The van der Waals surface area contributed by atoms with Crippen molar-refractivity contribution in [2.45, 2.75) is 27.7 Å². The third kappa shape index (κ3) is 3.47. The standard InChI is InChI=1S/C16H27N3O2/c1-11(9-17)10-18-5-7-19(8-6-18)16(20)15-12(2)13(3)21-14(15)4/h11H,5-10,17H2,1-4H3. The van der Waals surface area contributed by atoms with E-state index in [-0.39, 0.29) is 5.91 Å². The van der Waals surface area contributed by atoms with Gasteiger partial charge in [-0.05, 0) is 33.2 Å². The van der Waals surface area contributed by atoms with Gasteiger partial charge in [0.05, 0.1) is 5.56 Å². The first-order valence-electron chi connectivity index (χ1n) is 7.72. The first kappa shape index (κ1) is 16.0. The quantitative estimate of drug-likeness (QED) is 0.915. The smallest absolute Gasteiger partial charge is 0.257 e. The van der Waals surface area contributed by atoms with Gasteiger partial charge in [-0.15, -0.1) is 0 Å². The van der Waals surface area contributed by atoms with Crippen LogP contribution in [-0.4, -0.2) is 55.0 Å². The number of carbonyl (C=O) groups is 1. The minimum atomic E-state index is 0.105. The Morgan fingerprint density at radius 3 is 2.29 bits per heavy atom. The molecule has 0 spiro atoms. The van der Waals surface area contributed by atoms with Crippen LogP contribution >= 0.6 is 0 Å². The molecule has 0 aromatic carbocycles. The molecule has 2 N–H and O–H groups in total. The maximum atomic E-state index is 12.7. The molecule has 1 aromatic rings. The average Bonchev–Trinajstić information content (AvgIpc) is 2.72. The minimum absolute atomic E-state index is 0.105. The van der Waals surface area contributed by atoms with E-state index in [1.165, 1.54) is 0 Å². The van der Waals surface area contributed by atoms with Crippen molar-refractivity contribution in [3.05, 3.63) is 22.6 Å². The number of nitrogens with two attached hydrogens (primary N) is 1. The molecule has 1 unspecified atom stereocenters. The zero-order valence-corrected chi connectivity index (χ0v) is 13.6. The molecule has 1 aliphatic heterocycles. The second-order valence-corrected chi connectivity index (χ2v) is 6.15. The van der Waals surface area contributed by atoms with Crippen LogP contribution in [0.15, 0.2) is 4.42 Å². The van der Waals surface area contributed by atoms with Crippen LogP contribution in [0.25, 0.3) is 0 Å². The number of aryl methyl sites for hydroxylation is 2. The van der Waals surface area contributed by atoms with Gasteiger partial charge in [0.25, 0.3) is 5.91 Å². The molecule has 2 heterocycles. The molecule has 5 heteroatoms. The predicted molar refractivity (Wildman–Crippen MR) is 83.5 cm³/mol. The van der Waals surface area contributed by atoms with Crippen LogP contribution in [0.3, 0.4) is 0 Å². The summed E-state index contributed by atoms with van der Waals surface area (Å²) in [6.45, 7) is 13.0. The molecule has 1 saturated heterocycles. The van der Waals surface area contributed by atoms with Crippen molar-refractivity contribution in [1.82, 2.24) is 9.80 Å². The van der Waals surface area contributed by atoms with Gasteiger partial charge in [-0.1, -0.05) is 6.92 Å². The Balaban J connectivity index is 1.97. The summed E-state index contributed by atoms with van der Waals surface area (Å²) >= 11 is 0. The number of piperazine rings is 1. The Hall–Kier alpha value is -1.33. The summed E-state index contributed by atoms with van der Waals surface area (Å²) < 4.78 is 5.57. The lowest BCUT2D eigenvalue weighted by molar-refractivity contribution is 0.0619. The van der Waals surface area contributed by atoms with Crippen molar-refractivity contribution >= 4 is 5.91 Å². The molecule has 0 aliphatic carbocycles. The van der Waals surface area contributed by atoms with Gasteiger partial charge < -0.3 is 15.1 Å². The van der Waals surface area contributed by atoms with E-state index in [4.69, 9.17) is 10.2 Å². The summed E-state index contributed by atoms with van der Waals surface area (Å²) in [5, 5.41) is 0. The number of furan rings is 1. The lowest BCUT2D eigenvalue weighted by Crippen LogP contribution is -2.50. The zero-order valence-electron chi connectivity index (χ0n) is 13.6. The van der Waals surface area contributed by atoms with Gasteiger partial charge in [0.15, 0.2) is 0 Å². The molecule has 0 saturated carbocycles. The molecular weight excluding hydrogens is 266 g/mol. The molecular formula is C16H27N3O2. The summed E-state index contributed by atoms with van der Waals surface area (Å²) in [5.41, 5.74) is 7.39. The largest absolute Gasteiger partial charge is 0.466 e. The number of rotatable bonds is 4. The number of nitrogens with zero attached hydrogens (tertiary/aromatic N) is 2. The van der Waals surface area contributed by atoms with Crippen LogP contribution in [0.1, 0.15) is 34.4 Å². The lowest BCUT2D eigenvalue weighted by atomic mass is 10.1. The molecule has 1 atom stereocenters. The highest BCUT2D eigenvalue weighted by Crippen LogP contribution is 2.23. The molecule has 0 radical (unpaired) electrons. The Labute approximate surface area is 127 Å². The second kappa shape index (κ2) is 6.62. The highest BCUT2D eigenvalue weighted by Gasteiger charge is 2.27. The van der Waals surface area contributed by atoms with Gasteiger partial charge in [0.2, 0.25) is 0 Å². The van der Waals surface area contributed by atoms with Gasteiger partial charge in [-0.3, -0.25) is 9.69 Å². The summed E-state index contributed by atoms with van der Waals surface area (Å²) in [7, 11) is 0. The van der Waals surface area contributed by atoms with Crippen LogP contribution in [0.5, 0.6) is 0 Å². The maximum Gasteiger partial charge on any atom is 0.257 e. The average molecular weight is 293 g/mol. The Kier molecular flexibility index (Phi) is 5.06. The van der Waals surface area contributed by atoms with E-state index >= 15 is 0 Å². The number of carbonyl (C=O) groups excluding carboxylic acids is 1. The van der Waals surface area contributed by atoms with Gasteiger partial charge >= 0.3 is 0 Å². The minimum Gasteiger partial charge on any atom is -0.466 e. The fraction of sp³-hybridized carbons (Fsp3) is 0.688. The Bertz CT molecular complexity index is 502. The highest BCUT2D eigenvalue weighted by atomic mass is 16.3. The first-order valence-corrected chi connectivity index (χ1v) is 7.72. The molecule has 1 amide bonds. The van der Waals surface area contributed by atoms with Crippen molar-refractivity contribution in [2.24, 2.45) is 11.7 Å². The summed E-state index contributed by atoms with van der Waals surface area (Å²) in [6.07, 6.45) is 0. The Morgan fingerprint density at radius 2 is 1.81 bits per heavy atom. The zero-order chi connectivity index (χ0) is 15.6. The molecule has 118 valence electrons. The normalized spacial score (nSPS) is 18.0. The molecule has 2 rings (SSSR count). The van der Waals surface area contributed by atoms with E-state index in [0.29, 0.717) is 12.5 Å². The van der Waals surface area contributed by atoms with Gasteiger partial charge in [0.1, 0.15) is 11.5 Å². The third-order valence-corrected chi connectivity index (χ3v) is 4.41. The van der Waals surface area contributed by atoms with Crippen LogP contribution in [0, 0.1) is 26.7 Å². The first-order chi connectivity index (χ1) is 9.93. The van der Waals surface area contributed by atoms with Crippen LogP contribution < -0.4 is 5.73 Å². The third-order valence-electron chi connectivity index (χ3n) is 4.41. The maximum absolute atomic E-state index is 12.7. The van der Waals surface area contributed by atoms with E-state index in [2.05, 4.69) is 11.8 Å². The van der Waals surface area contributed by atoms with Crippen LogP contribution in [0.4, 0.5) is 0 Å². The molecule has 21 heavy (non-hydrogen) atoms.